The highest BCUT2D eigenvalue weighted by Gasteiger charge is 2.07. The molecule has 0 saturated carbocycles. The van der Waals surface area contributed by atoms with Gasteiger partial charge >= 0.3 is 0 Å². The lowest BCUT2D eigenvalue weighted by Gasteiger charge is -2.08. The molecule has 0 radical (unpaired) electrons. The summed E-state index contributed by atoms with van der Waals surface area (Å²) in [6.07, 6.45) is 0. The second kappa shape index (κ2) is 7.03. The highest BCUT2D eigenvalue weighted by atomic mass is 79.9. The summed E-state index contributed by atoms with van der Waals surface area (Å²) >= 11 is 3.34. The Balaban J connectivity index is 1.94. The molecule has 0 aliphatic carbocycles. The molecule has 1 amide bonds. The van der Waals surface area contributed by atoms with E-state index in [1.807, 2.05) is 12.1 Å². The van der Waals surface area contributed by atoms with Gasteiger partial charge in [0.1, 0.15) is 17.4 Å². The molecular weight excluding hydrogens is 338 g/mol. The zero-order chi connectivity index (χ0) is 15.2. The molecule has 1 N–H and O–H groups in total. The number of aryl methyl sites for hydroxylation is 1. The van der Waals surface area contributed by atoms with Crippen LogP contribution in [-0.4, -0.2) is 29.6 Å². The Morgan fingerprint density at radius 1 is 1.33 bits per heavy atom. The van der Waals surface area contributed by atoms with Crippen molar-refractivity contribution in [1.82, 2.24) is 9.97 Å². The van der Waals surface area contributed by atoms with Gasteiger partial charge in [-0.25, -0.2) is 4.98 Å². The maximum atomic E-state index is 11.8. The number of methoxy groups -OCH3 is 1. The predicted molar refractivity (Wildman–Crippen MR) is 81.6 cm³/mol. The summed E-state index contributed by atoms with van der Waals surface area (Å²) < 4.78 is 11.3. The molecule has 2 aromatic rings. The minimum absolute atomic E-state index is 0.109. The third-order valence-electron chi connectivity index (χ3n) is 2.46. The molecule has 0 saturated heterocycles. The fourth-order valence-corrected chi connectivity index (χ4v) is 1.97. The van der Waals surface area contributed by atoms with Crippen LogP contribution in [0.3, 0.4) is 0 Å². The number of carbonyl (C=O) groups is 1. The normalized spacial score (nSPS) is 10.0. The van der Waals surface area contributed by atoms with Gasteiger partial charge in [0.05, 0.1) is 7.11 Å². The first-order valence-electron chi connectivity index (χ1n) is 6.14. The molecule has 1 heterocycles. The van der Waals surface area contributed by atoms with Crippen molar-refractivity contribution in [2.24, 2.45) is 0 Å². The second-order valence-corrected chi connectivity index (χ2v) is 5.05. The Hall–Kier alpha value is -2.15. The van der Waals surface area contributed by atoms with Crippen molar-refractivity contribution in [3.8, 4) is 11.6 Å². The van der Waals surface area contributed by atoms with E-state index in [9.17, 15) is 4.79 Å². The fraction of sp³-hybridized carbons (Fsp3) is 0.214. The summed E-state index contributed by atoms with van der Waals surface area (Å²) in [6.45, 7) is 1.61. The SMILES string of the molecule is COc1cc(NC(=O)COc2cccc(Br)c2)nc(C)n1. The Labute approximate surface area is 130 Å². The summed E-state index contributed by atoms with van der Waals surface area (Å²) in [7, 11) is 1.50. The van der Waals surface area contributed by atoms with Gasteiger partial charge in [0.2, 0.25) is 5.88 Å². The van der Waals surface area contributed by atoms with E-state index >= 15 is 0 Å². The zero-order valence-corrected chi connectivity index (χ0v) is 13.2. The van der Waals surface area contributed by atoms with Crippen molar-refractivity contribution in [2.75, 3.05) is 19.0 Å². The van der Waals surface area contributed by atoms with Crippen molar-refractivity contribution in [3.05, 3.63) is 40.6 Å². The molecule has 0 fully saturated rings. The number of benzene rings is 1. The van der Waals surface area contributed by atoms with Crippen molar-refractivity contribution < 1.29 is 14.3 Å². The Bertz CT molecular complexity index is 649. The standard InChI is InChI=1S/C14H14BrN3O3/c1-9-16-12(7-14(17-9)20-2)18-13(19)8-21-11-5-3-4-10(15)6-11/h3-7H,8H2,1-2H3,(H,16,17,18,19). The van der Waals surface area contributed by atoms with E-state index in [2.05, 4.69) is 31.2 Å². The highest BCUT2D eigenvalue weighted by molar-refractivity contribution is 9.10. The Morgan fingerprint density at radius 3 is 2.86 bits per heavy atom. The molecule has 110 valence electrons. The Kier molecular flexibility index (Phi) is 5.10. The van der Waals surface area contributed by atoms with E-state index in [0.717, 1.165) is 4.47 Å². The van der Waals surface area contributed by atoms with Crippen molar-refractivity contribution in [2.45, 2.75) is 6.92 Å². The number of amides is 1. The molecule has 0 unspecified atom stereocenters. The van der Waals surface area contributed by atoms with Gasteiger partial charge in [-0.2, -0.15) is 4.98 Å². The van der Waals surface area contributed by atoms with Crippen LogP contribution in [0.2, 0.25) is 0 Å². The maximum absolute atomic E-state index is 11.8. The smallest absolute Gasteiger partial charge is 0.263 e. The number of nitrogens with one attached hydrogen (secondary N) is 1. The van der Waals surface area contributed by atoms with Gasteiger partial charge in [0.25, 0.3) is 5.91 Å². The van der Waals surface area contributed by atoms with E-state index < -0.39 is 0 Å². The van der Waals surface area contributed by atoms with Crippen LogP contribution in [0.4, 0.5) is 5.82 Å². The molecule has 0 spiro atoms. The molecule has 6 nitrogen and oxygen atoms in total. The summed E-state index contributed by atoms with van der Waals surface area (Å²) in [6, 6.07) is 8.81. The molecule has 0 aliphatic rings. The van der Waals surface area contributed by atoms with Crippen LogP contribution < -0.4 is 14.8 Å². The molecule has 2 rings (SSSR count). The van der Waals surface area contributed by atoms with Crippen molar-refractivity contribution >= 4 is 27.7 Å². The molecule has 7 heteroatoms. The highest BCUT2D eigenvalue weighted by Crippen LogP contribution is 2.18. The first kappa shape index (κ1) is 15.2. The van der Waals surface area contributed by atoms with Crippen LogP contribution in [-0.2, 0) is 4.79 Å². The lowest BCUT2D eigenvalue weighted by molar-refractivity contribution is -0.118. The van der Waals surface area contributed by atoms with Crippen LogP contribution in [0.5, 0.6) is 11.6 Å². The summed E-state index contributed by atoms with van der Waals surface area (Å²) in [5.41, 5.74) is 0. The average molecular weight is 352 g/mol. The summed E-state index contributed by atoms with van der Waals surface area (Å²) in [5.74, 6) is 1.58. The minimum Gasteiger partial charge on any atom is -0.484 e. The number of hydrogen-bond acceptors (Lipinski definition) is 5. The van der Waals surface area contributed by atoms with Gasteiger partial charge in [-0.3, -0.25) is 4.79 Å². The van der Waals surface area contributed by atoms with Gasteiger partial charge < -0.3 is 14.8 Å². The molecule has 21 heavy (non-hydrogen) atoms. The number of ether oxygens (including phenoxy) is 2. The average Bonchev–Trinajstić information content (AvgIpc) is 2.44. The third-order valence-corrected chi connectivity index (χ3v) is 2.95. The van der Waals surface area contributed by atoms with Gasteiger partial charge in [-0.05, 0) is 25.1 Å². The molecular formula is C14H14BrN3O3. The molecule has 1 aromatic carbocycles. The quantitative estimate of drug-likeness (QED) is 0.895. The van der Waals surface area contributed by atoms with E-state index in [1.54, 1.807) is 25.1 Å². The number of rotatable bonds is 5. The maximum Gasteiger partial charge on any atom is 0.263 e. The number of aromatic nitrogens is 2. The van der Waals surface area contributed by atoms with Gasteiger partial charge in [0, 0.05) is 10.5 Å². The van der Waals surface area contributed by atoms with E-state index in [1.165, 1.54) is 7.11 Å². The van der Waals surface area contributed by atoms with Crippen molar-refractivity contribution in [3.63, 3.8) is 0 Å². The lowest BCUT2D eigenvalue weighted by atomic mass is 10.3. The predicted octanol–water partition coefficient (Wildman–Crippen LogP) is 2.57. The summed E-state index contributed by atoms with van der Waals surface area (Å²) in [4.78, 5) is 20.0. The fourth-order valence-electron chi connectivity index (χ4n) is 1.59. The van der Waals surface area contributed by atoms with Gasteiger partial charge in [-0.15, -0.1) is 0 Å². The van der Waals surface area contributed by atoms with Crippen LogP contribution >= 0.6 is 15.9 Å². The van der Waals surface area contributed by atoms with Crippen LogP contribution in [0, 0.1) is 6.92 Å². The molecule has 1 aromatic heterocycles. The van der Waals surface area contributed by atoms with Crippen LogP contribution in [0.15, 0.2) is 34.8 Å². The zero-order valence-electron chi connectivity index (χ0n) is 11.6. The molecule has 0 atom stereocenters. The van der Waals surface area contributed by atoms with Crippen LogP contribution in [0.1, 0.15) is 5.82 Å². The first-order chi connectivity index (χ1) is 10.1. The first-order valence-corrected chi connectivity index (χ1v) is 6.94. The largest absolute Gasteiger partial charge is 0.484 e. The molecule has 0 bridgehead atoms. The monoisotopic (exact) mass is 351 g/mol. The number of hydrogen-bond donors (Lipinski definition) is 1. The summed E-state index contributed by atoms with van der Waals surface area (Å²) in [5, 5.41) is 2.64. The van der Waals surface area contributed by atoms with E-state index in [4.69, 9.17) is 9.47 Å². The van der Waals surface area contributed by atoms with Crippen LogP contribution in [0.25, 0.3) is 0 Å². The van der Waals surface area contributed by atoms with E-state index in [-0.39, 0.29) is 12.5 Å². The van der Waals surface area contributed by atoms with Gasteiger partial charge in [-0.1, -0.05) is 22.0 Å². The van der Waals surface area contributed by atoms with Gasteiger partial charge in [0.15, 0.2) is 6.61 Å². The second-order valence-electron chi connectivity index (χ2n) is 4.14. The number of carbonyl (C=O) groups excluding carboxylic acids is 1. The topological polar surface area (TPSA) is 73.3 Å². The Morgan fingerprint density at radius 2 is 2.14 bits per heavy atom. The minimum atomic E-state index is -0.310. The lowest BCUT2D eigenvalue weighted by Crippen LogP contribution is -2.21. The third kappa shape index (κ3) is 4.71. The number of nitrogens with zero attached hydrogens (tertiary/aromatic N) is 2. The number of halogens is 1. The van der Waals surface area contributed by atoms with E-state index in [0.29, 0.717) is 23.3 Å². The van der Waals surface area contributed by atoms with Crippen molar-refractivity contribution in [1.29, 1.82) is 0 Å². The molecule has 0 aliphatic heterocycles. The number of anilines is 1.